The van der Waals surface area contributed by atoms with E-state index in [1.807, 2.05) is 0 Å². The Morgan fingerprint density at radius 3 is 2.45 bits per heavy atom. The van der Waals surface area contributed by atoms with Crippen LogP contribution in [0.3, 0.4) is 0 Å². The first-order valence-electron chi connectivity index (χ1n) is 4.20. The van der Waals surface area contributed by atoms with Crippen molar-refractivity contribution in [1.29, 1.82) is 0 Å². The van der Waals surface area contributed by atoms with Crippen LogP contribution in [-0.2, 0) is 4.57 Å². The molecule has 1 atom stereocenters. The van der Waals surface area contributed by atoms with Crippen LogP contribution < -0.4 is 10.6 Å². The molecule has 2 fully saturated rings. The van der Waals surface area contributed by atoms with E-state index in [-0.39, 0.29) is 5.54 Å². The molecule has 2 saturated carbocycles. The second kappa shape index (κ2) is 2.51. The van der Waals surface area contributed by atoms with Crippen molar-refractivity contribution in [1.82, 2.24) is 5.09 Å². The quantitative estimate of drug-likeness (QED) is 0.622. The number of fused-ring (bicyclic) bond motifs is 2. The van der Waals surface area contributed by atoms with Gasteiger partial charge >= 0.3 is 8.10 Å². The highest BCUT2D eigenvalue weighted by atomic mass is 31.1. The van der Waals surface area contributed by atoms with Gasteiger partial charge in [0.2, 0.25) is 0 Å². The molecule has 3 N–H and O–H groups in total. The molecule has 0 heterocycles. The Balaban J connectivity index is 2.05. The van der Waals surface area contributed by atoms with Crippen LogP contribution in [0.2, 0.25) is 0 Å². The molecule has 0 aromatic carbocycles. The molecule has 0 aromatic heterocycles. The molecule has 4 heteroatoms. The topological polar surface area (TPSA) is 55.1 Å². The van der Waals surface area contributed by atoms with Gasteiger partial charge in [-0.15, -0.1) is 5.50 Å². The lowest BCUT2D eigenvalue weighted by molar-refractivity contribution is 0.383. The van der Waals surface area contributed by atoms with Gasteiger partial charge in [0.25, 0.3) is 0 Å². The summed E-state index contributed by atoms with van der Waals surface area (Å²) in [6.07, 6.45) is 6.16. The minimum atomic E-state index is -1.64. The van der Waals surface area contributed by atoms with Crippen LogP contribution in [0.15, 0.2) is 0 Å². The second-order valence-electron chi connectivity index (χ2n) is 3.87. The largest absolute Gasteiger partial charge is 0.529 e. The number of hydrogen-bond acceptors (Lipinski definition) is 1. The Bertz CT molecular complexity index is 187. The fourth-order valence-corrected chi connectivity index (χ4v) is 3.36. The van der Waals surface area contributed by atoms with Gasteiger partial charge in [-0.25, -0.2) is 0 Å². The highest BCUT2D eigenvalue weighted by Crippen LogP contribution is 2.48. The maximum absolute atomic E-state index is 10.8. The second-order valence-corrected chi connectivity index (χ2v) is 4.74. The molecule has 0 aromatic rings. The Kier molecular flexibility index (Phi) is 1.75. The Hall–Kier alpha value is 0.0200. The third-order valence-electron chi connectivity index (χ3n) is 3.09. The Labute approximate surface area is 67.6 Å². The summed E-state index contributed by atoms with van der Waals surface area (Å²) in [6.45, 7) is 0. The molecular weight excluding hydrogens is 159 g/mol. The fourth-order valence-electron chi connectivity index (χ4n) is 2.58. The third-order valence-corrected chi connectivity index (χ3v) is 3.78. The van der Waals surface area contributed by atoms with E-state index in [4.69, 9.17) is 5.50 Å². The summed E-state index contributed by atoms with van der Waals surface area (Å²) in [7, 11) is -1.64. The van der Waals surface area contributed by atoms with E-state index in [0.717, 1.165) is 5.92 Å². The molecule has 0 aliphatic heterocycles. The summed E-state index contributed by atoms with van der Waals surface area (Å²) >= 11 is 0. The van der Waals surface area contributed by atoms with Crippen LogP contribution in [0.5, 0.6) is 0 Å². The molecule has 3 nitrogen and oxygen atoms in total. The standard InChI is InChI=1S/C7H14N2OP/c8-11(10)9-7-3-1-6(5-7)2-4-7/h6H,1-5H2,(H3,8,9,10)/q+1. The zero-order valence-electron chi connectivity index (χ0n) is 6.55. The van der Waals surface area contributed by atoms with Gasteiger partial charge < -0.3 is 0 Å². The summed E-state index contributed by atoms with van der Waals surface area (Å²) < 4.78 is 10.8. The van der Waals surface area contributed by atoms with E-state index in [2.05, 4.69) is 5.09 Å². The van der Waals surface area contributed by atoms with Gasteiger partial charge in [0.15, 0.2) is 0 Å². The van der Waals surface area contributed by atoms with Crippen LogP contribution in [0, 0.1) is 5.92 Å². The van der Waals surface area contributed by atoms with E-state index < -0.39 is 8.10 Å². The van der Waals surface area contributed by atoms with Crippen molar-refractivity contribution < 1.29 is 4.57 Å². The number of nitrogens with two attached hydrogens (primary N) is 1. The smallest absolute Gasteiger partial charge is 0.104 e. The van der Waals surface area contributed by atoms with E-state index in [0.29, 0.717) is 0 Å². The van der Waals surface area contributed by atoms with Gasteiger partial charge in [0, 0.05) is 0 Å². The first kappa shape index (κ1) is 7.66. The summed E-state index contributed by atoms with van der Waals surface area (Å²) in [5.41, 5.74) is 5.42. The van der Waals surface area contributed by atoms with Crippen LogP contribution in [0.25, 0.3) is 0 Å². The summed E-state index contributed by atoms with van der Waals surface area (Å²) in [4.78, 5) is 0. The molecule has 2 aliphatic carbocycles. The molecule has 1 unspecified atom stereocenters. The summed E-state index contributed by atoms with van der Waals surface area (Å²) in [6, 6.07) is 0. The van der Waals surface area contributed by atoms with Crippen LogP contribution >= 0.6 is 8.10 Å². The van der Waals surface area contributed by atoms with Crippen molar-refractivity contribution >= 4 is 8.10 Å². The van der Waals surface area contributed by atoms with Gasteiger partial charge in [-0.1, -0.05) is 5.09 Å². The average molecular weight is 173 g/mol. The first-order valence-corrected chi connectivity index (χ1v) is 5.53. The first-order chi connectivity index (χ1) is 5.20. The predicted molar refractivity (Wildman–Crippen MR) is 44.2 cm³/mol. The minimum absolute atomic E-state index is 0.173. The van der Waals surface area contributed by atoms with Crippen LogP contribution in [-0.4, -0.2) is 5.54 Å². The highest BCUT2D eigenvalue weighted by molar-refractivity contribution is 7.39. The molecule has 0 radical (unpaired) electrons. The van der Waals surface area contributed by atoms with Gasteiger partial charge in [-0.05, 0) is 42.6 Å². The van der Waals surface area contributed by atoms with E-state index in [1.165, 1.54) is 32.1 Å². The molecular formula is C7H14N2OP+. The number of hydrogen-bond donors (Lipinski definition) is 2. The maximum Gasteiger partial charge on any atom is 0.529 e. The summed E-state index contributed by atoms with van der Waals surface area (Å²) in [5, 5.41) is 3.03. The molecule has 0 saturated heterocycles. The molecule has 2 rings (SSSR count). The molecule has 62 valence electrons. The van der Waals surface area contributed by atoms with Gasteiger partial charge in [0.05, 0.1) is 5.54 Å². The zero-order chi connectivity index (χ0) is 7.90. The predicted octanol–water partition coefficient (Wildman–Crippen LogP) is 1.52. The number of nitrogens with one attached hydrogen (secondary N) is 1. The fraction of sp³-hybridized carbons (Fsp3) is 1.00. The van der Waals surface area contributed by atoms with Crippen molar-refractivity contribution in [2.75, 3.05) is 0 Å². The van der Waals surface area contributed by atoms with E-state index >= 15 is 0 Å². The van der Waals surface area contributed by atoms with Gasteiger partial charge in [0.1, 0.15) is 0 Å². The minimum Gasteiger partial charge on any atom is -0.104 e. The maximum atomic E-state index is 10.8. The van der Waals surface area contributed by atoms with Gasteiger partial charge in [-0.2, -0.15) is 0 Å². The zero-order valence-corrected chi connectivity index (χ0v) is 7.44. The van der Waals surface area contributed by atoms with E-state index in [1.54, 1.807) is 0 Å². The Morgan fingerprint density at radius 1 is 1.45 bits per heavy atom. The lowest BCUT2D eigenvalue weighted by atomic mass is 9.95. The third kappa shape index (κ3) is 1.33. The van der Waals surface area contributed by atoms with Crippen molar-refractivity contribution in [2.24, 2.45) is 11.4 Å². The lowest BCUT2D eigenvalue weighted by Crippen LogP contribution is -2.37. The SMILES string of the molecule is N[P+](=O)NC12CCC(CC1)C2. The molecule has 0 spiro atoms. The Morgan fingerprint density at radius 2 is 2.09 bits per heavy atom. The highest BCUT2D eigenvalue weighted by Gasteiger charge is 2.48. The number of rotatable bonds is 2. The molecule has 2 bridgehead atoms. The van der Waals surface area contributed by atoms with Gasteiger partial charge in [-0.3, -0.25) is 0 Å². The van der Waals surface area contributed by atoms with Crippen molar-refractivity contribution in [3.05, 3.63) is 0 Å². The lowest BCUT2D eigenvalue weighted by Gasteiger charge is -2.20. The van der Waals surface area contributed by atoms with Crippen molar-refractivity contribution in [3.63, 3.8) is 0 Å². The molecule has 11 heavy (non-hydrogen) atoms. The van der Waals surface area contributed by atoms with E-state index in [9.17, 15) is 4.57 Å². The normalized spacial score (nSPS) is 43.0. The van der Waals surface area contributed by atoms with Crippen LogP contribution in [0.1, 0.15) is 32.1 Å². The summed E-state index contributed by atoms with van der Waals surface area (Å²) in [5.74, 6) is 0.887. The van der Waals surface area contributed by atoms with Crippen molar-refractivity contribution in [3.8, 4) is 0 Å². The van der Waals surface area contributed by atoms with Crippen molar-refractivity contribution in [2.45, 2.75) is 37.6 Å². The van der Waals surface area contributed by atoms with Crippen LogP contribution in [0.4, 0.5) is 0 Å². The molecule has 0 amide bonds. The monoisotopic (exact) mass is 173 g/mol. The average Bonchev–Trinajstić information content (AvgIpc) is 2.43. The molecule has 2 aliphatic rings.